The highest BCUT2D eigenvalue weighted by atomic mass is 19.4. The molecule has 0 aliphatic carbocycles. The van der Waals surface area contributed by atoms with E-state index in [0.29, 0.717) is 17.9 Å². The van der Waals surface area contributed by atoms with Gasteiger partial charge in [0.15, 0.2) is 0 Å². The molecule has 7 nitrogen and oxygen atoms in total. The lowest BCUT2D eigenvalue weighted by molar-refractivity contribution is -0.174. The molecule has 2 aliphatic rings. The number of rotatable bonds is 3. The van der Waals surface area contributed by atoms with Gasteiger partial charge in [0.25, 0.3) is 11.8 Å². The van der Waals surface area contributed by atoms with E-state index < -0.39 is 35.4 Å². The van der Waals surface area contributed by atoms with Gasteiger partial charge in [0, 0.05) is 19.3 Å². The van der Waals surface area contributed by atoms with Crippen molar-refractivity contribution < 1.29 is 32.4 Å². The molecule has 0 saturated carbocycles. The van der Waals surface area contributed by atoms with Crippen molar-refractivity contribution in [2.75, 3.05) is 18.0 Å². The van der Waals surface area contributed by atoms with E-state index in [4.69, 9.17) is 4.84 Å². The number of piperidine rings is 1. The van der Waals surface area contributed by atoms with Crippen molar-refractivity contribution in [3.63, 3.8) is 0 Å². The van der Waals surface area contributed by atoms with Crippen LogP contribution < -0.4 is 4.90 Å². The smallest absolute Gasteiger partial charge is 0.355 e. The maximum Gasteiger partial charge on any atom is 0.419 e. The third-order valence-electron chi connectivity index (χ3n) is 5.08. The molecule has 2 aromatic rings. The monoisotopic (exact) mass is 419 g/mol. The van der Waals surface area contributed by atoms with Crippen LogP contribution in [0.4, 0.5) is 19.0 Å². The van der Waals surface area contributed by atoms with Crippen molar-refractivity contribution in [1.82, 2.24) is 10.0 Å². The highest BCUT2D eigenvalue weighted by Crippen LogP contribution is 2.36. The van der Waals surface area contributed by atoms with Crippen LogP contribution in [-0.4, -0.2) is 40.9 Å². The molecular formula is C20H16F3N3O4. The zero-order valence-corrected chi connectivity index (χ0v) is 15.6. The first-order valence-corrected chi connectivity index (χ1v) is 9.24. The molecule has 0 bridgehead atoms. The molecule has 1 aromatic carbocycles. The second-order valence-electron chi connectivity index (χ2n) is 7.02. The Morgan fingerprint density at radius 3 is 2.37 bits per heavy atom. The molecule has 4 rings (SSSR count). The molecule has 2 amide bonds. The molecule has 1 fully saturated rings. The Hall–Kier alpha value is -3.43. The Labute approximate surface area is 169 Å². The Balaban J connectivity index is 1.49. The summed E-state index contributed by atoms with van der Waals surface area (Å²) in [7, 11) is 0. The Bertz CT molecular complexity index is 989. The van der Waals surface area contributed by atoms with Gasteiger partial charge in [-0.05, 0) is 37.1 Å². The van der Waals surface area contributed by atoms with Crippen LogP contribution in [0.3, 0.4) is 0 Å². The van der Waals surface area contributed by atoms with Crippen molar-refractivity contribution >= 4 is 23.6 Å². The van der Waals surface area contributed by atoms with Gasteiger partial charge < -0.3 is 9.74 Å². The van der Waals surface area contributed by atoms with E-state index in [2.05, 4.69) is 4.98 Å². The summed E-state index contributed by atoms with van der Waals surface area (Å²) >= 11 is 0. The number of carbonyl (C=O) groups is 3. The van der Waals surface area contributed by atoms with E-state index in [1.165, 1.54) is 29.3 Å². The number of hydroxylamine groups is 2. The van der Waals surface area contributed by atoms with Crippen LogP contribution >= 0.6 is 0 Å². The molecule has 156 valence electrons. The molecule has 10 heteroatoms. The fraction of sp³-hybridized carbons (Fsp3) is 0.300. The number of imide groups is 1. The zero-order chi connectivity index (χ0) is 21.5. The van der Waals surface area contributed by atoms with Gasteiger partial charge in [0.2, 0.25) is 0 Å². The van der Waals surface area contributed by atoms with Crippen molar-refractivity contribution in [2.24, 2.45) is 5.92 Å². The minimum absolute atomic E-state index is 0.0674. The Kier molecular flexibility index (Phi) is 4.92. The fourth-order valence-corrected chi connectivity index (χ4v) is 3.65. The number of hydrogen-bond acceptors (Lipinski definition) is 6. The second kappa shape index (κ2) is 7.43. The molecule has 1 saturated heterocycles. The molecule has 3 heterocycles. The number of alkyl halides is 3. The van der Waals surface area contributed by atoms with E-state index >= 15 is 0 Å². The fourth-order valence-electron chi connectivity index (χ4n) is 3.65. The number of amides is 2. The third kappa shape index (κ3) is 3.49. The van der Waals surface area contributed by atoms with Gasteiger partial charge in [-0.25, -0.2) is 9.78 Å². The first-order valence-electron chi connectivity index (χ1n) is 9.24. The summed E-state index contributed by atoms with van der Waals surface area (Å²) in [6.07, 6.45) is -2.55. The molecule has 30 heavy (non-hydrogen) atoms. The van der Waals surface area contributed by atoms with Crippen molar-refractivity contribution in [3.8, 4) is 0 Å². The van der Waals surface area contributed by atoms with Crippen LogP contribution in [0.2, 0.25) is 0 Å². The molecule has 0 radical (unpaired) electrons. The van der Waals surface area contributed by atoms with Gasteiger partial charge in [0.1, 0.15) is 5.82 Å². The van der Waals surface area contributed by atoms with Crippen LogP contribution in [0.5, 0.6) is 0 Å². The lowest BCUT2D eigenvalue weighted by Gasteiger charge is -2.33. The number of benzene rings is 1. The van der Waals surface area contributed by atoms with Crippen molar-refractivity contribution in [1.29, 1.82) is 0 Å². The summed E-state index contributed by atoms with van der Waals surface area (Å²) in [4.78, 5) is 47.6. The maximum atomic E-state index is 13.3. The van der Waals surface area contributed by atoms with Gasteiger partial charge in [-0.1, -0.05) is 17.2 Å². The zero-order valence-electron chi connectivity index (χ0n) is 15.6. The van der Waals surface area contributed by atoms with Gasteiger partial charge >= 0.3 is 12.1 Å². The predicted octanol–water partition coefficient (Wildman–Crippen LogP) is 3.07. The van der Waals surface area contributed by atoms with Gasteiger partial charge in [0.05, 0.1) is 22.6 Å². The highest BCUT2D eigenvalue weighted by molar-refractivity contribution is 6.20. The third-order valence-corrected chi connectivity index (χ3v) is 5.08. The topological polar surface area (TPSA) is 79.8 Å². The first kappa shape index (κ1) is 19.9. The summed E-state index contributed by atoms with van der Waals surface area (Å²) in [6.45, 7) is 0.221. The van der Waals surface area contributed by atoms with Gasteiger partial charge in [-0.15, -0.1) is 0 Å². The normalized spacial score (nSPS) is 19.1. The minimum atomic E-state index is -4.59. The quantitative estimate of drug-likeness (QED) is 0.712. The lowest BCUT2D eigenvalue weighted by atomic mass is 9.98. The highest BCUT2D eigenvalue weighted by Gasteiger charge is 2.41. The number of carbonyl (C=O) groups excluding carboxylic acids is 3. The molecule has 2 aliphatic heterocycles. The molecular weight excluding hydrogens is 403 g/mol. The van der Waals surface area contributed by atoms with Crippen molar-refractivity contribution in [2.45, 2.75) is 19.0 Å². The second-order valence-corrected chi connectivity index (χ2v) is 7.02. The van der Waals surface area contributed by atoms with E-state index in [1.54, 1.807) is 12.1 Å². The number of halogens is 3. The average Bonchev–Trinajstić information content (AvgIpc) is 2.98. The standard InChI is InChI=1S/C20H16F3N3O4/c21-20(22,23)15-8-3-9-24-16(15)25-10-4-5-12(11-25)19(29)30-26-17(27)13-6-1-2-7-14(13)18(26)28/h1-3,6-9,12H,4-5,10-11H2. The number of anilines is 1. The number of hydrogen-bond donors (Lipinski definition) is 0. The molecule has 1 atom stereocenters. The molecule has 0 spiro atoms. The van der Waals surface area contributed by atoms with Gasteiger partial charge in [-0.2, -0.15) is 13.2 Å². The van der Waals surface area contributed by atoms with E-state index in [9.17, 15) is 27.6 Å². The molecule has 0 N–H and O–H groups in total. The largest absolute Gasteiger partial charge is 0.419 e. The maximum absolute atomic E-state index is 13.3. The number of nitrogens with zero attached hydrogens (tertiary/aromatic N) is 3. The Morgan fingerprint density at radius 1 is 1.07 bits per heavy atom. The predicted molar refractivity (Wildman–Crippen MR) is 97.2 cm³/mol. The summed E-state index contributed by atoms with van der Waals surface area (Å²) in [5.41, 5.74) is -0.632. The molecule has 1 aromatic heterocycles. The van der Waals surface area contributed by atoms with Crippen LogP contribution in [-0.2, 0) is 15.8 Å². The van der Waals surface area contributed by atoms with Crippen LogP contribution in [0, 0.1) is 5.92 Å². The average molecular weight is 419 g/mol. The van der Waals surface area contributed by atoms with E-state index in [-0.39, 0.29) is 30.0 Å². The van der Waals surface area contributed by atoms with Crippen LogP contribution in [0.15, 0.2) is 42.6 Å². The Morgan fingerprint density at radius 2 is 1.73 bits per heavy atom. The van der Waals surface area contributed by atoms with Gasteiger partial charge in [-0.3, -0.25) is 9.59 Å². The summed E-state index contributed by atoms with van der Waals surface area (Å²) in [5.74, 6) is -3.42. The van der Waals surface area contributed by atoms with E-state index in [1.807, 2.05) is 0 Å². The summed E-state index contributed by atoms with van der Waals surface area (Å²) in [6, 6.07) is 8.20. The van der Waals surface area contributed by atoms with Crippen LogP contribution in [0.25, 0.3) is 0 Å². The minimum Gasteiger partial charge on any atom is -0.355 e. The molecule has 1 unspecified atom stereocenters. The number of pyridine rings is 1. The van der Waals surface area contributed by atoms with E-state index in [0.717, 1.165) is 6.07 Å². The van der Waals surface area contributed by atoms with Crippen molar-refractivity contribution in [3.05, 3.63) is 59.3 Å². The van der Waals surface area contributed by atoms with Crippen LogP contribution in [0.1, 0.15) is 39.1 Å². The summed E-state index contributed by atoms with van der Waals surface area (Å²) in [5, 5.41) is 0.411. The lowest BCUT2D eigenvalue weighted by Crippen LogP contribution is -2.43. The SMILES string of the molecule is O=C(ON1C(=O)c2ccccc2C1=O)C1CCCN(c2ncccc2C(F)(F)F)C1. The number of fused-ring (bicyclic) bond motifs is 1. The first-order chi connectivity index (χ1) is 14.3. The number of aromatic nitrogens is 1. The summed E-state index contributed by atoms with van der Waals surface area (Å²) < 4.78 is 39.9.